The van der Waals surface area contributed by atoms with Crippen LogP contribution in [0.1, 0.15) is 11.1 Å². The van der Waals surface area contributed by atoms with Crippen LogP contribution in [0.25, 0.3) is 0 Å². The summed E-state index contributed by atoms with van der Waals surface area (Å²) in [6.07, 6.45) is 0. The molecule has 0 aliphatic carbocycles. The molecule has 0 amide bonds. The molecular formula is C21H17Br2Cl2NO2. The lowest BCUT2D eigenvalue weighted by Gasteiger charge is -2.15. The molecule has 0 bridgehead atoms. The predicted molar refractivity (Wildman–Crippen MR) is 123 cm³/mol. The topological polar surface area (TPSA) is 30.5 Å². The molecule has 0 aliphatic rings. The summed E-state index contributed by atoms with van der Waals surface area (Å²) in [5, 5.41) is 4.42. The Morgan fingerprint density at radius 3 is 2.32 bits per heavy atom. The van der Waals surface area contributed by atoms with E-state index in [4.69, 9.17) is 32.7 Å². The Morgan fingerprint density at radius 2 is 1.64 bits per heavy atom. The number of ether oxygens (including phenoxy) is 2. The zero-order valence-corrected chi connectivity index (χ0v) is 19.6. The SMILES string of the molecule is COc1cc(CNc2ccc(Br)cc2)c(Br)cc1OCc1ccc(Cl)c(Cl)c1. The molecular weight excluding hydrogens is 529 g/mol. The van der Waals surface area contributed by atoms with Crippen LogP contribution >= 0.6 is 55.1 Å². The molecule has 3 nitrogen and oxygen atoms in total. The van der Waals surface area contributed by atoms with Crippen molar-refractivity contribution in [1.29, 1.82) is 0 Å². The van der Waals surface area contributed by atoms with Crippen LogP contribution < -0.4 is 14.8 Å². The molecule has 0 saturated heterocycles. The molecule has 3 rings (SSSR count). The quantitative estimate of drug-likeness (QED) is 0.330. The van der Waals surface area contributed by atoms with Crippen molar-refractivity contribution in [2.75, 3.05) is 12.4 Å². The predicted octanol–water partition coefficient (Wildman–Crippen LogP) is 7.72. The monoisotopic (exact) mass is 543 g/mol. The lowest BCUT2D eigenvalue weighted by molar-refractivity contribution is 0.284. The van der Waals surface area contributed by atoms with Crippen molar-refractivity contribution in [3.05, 3.63) is 84.7 Å². The Bertz CT molecular complexity index is 965. The molecule has 0 saturated carbocycles. The standard InChI is InChI=1S/C21H17Br2Cl2NO2/c1-27-20-9-14(11-26-16-5-3-15(22)4-6-16)17(23)10-21(20)28-12-13-2-7-18(24)19(25)8-13/h2-10,26H,11-12H2,1H3. The van der Waals surface area contributed by atoms with Gasteiger partial charge in [-0.15, -0.1) is 0 Å². The van der Waals surface area contributed by atoms with E-state index >= 15 is 0 Å². The van der Waals surface area contributed by atoms with Gasteiger partial charge in [-0.2, -0.15) is 0 Å². The van der Waals surface area contributed by atoms with E-state index in [9.17, 15) is 0 Å². The molecule has 28 heavy (non-hydrogen) atoms. The number of anilines is 1. The fourth-order valence-corrected chi connectivity index (χ4v) is 3.59. The molecule has 0 atom stereocenters. The largest absolute Gasteiger partial charge is 0.493 e. The van der Waals surface area contributed by atoms with Gasteiger partial charge in [0.1, 0.15) is 6.61 Å². The van der Waals surface area contributed by atoms with Gasteiger partial charge in [0.2, 0.25) is 0 Å². The van der Waals surface area contributed by atoms with Crippen LogP contribution in [0.2, 0.25) is 10.0 Å². The Labute approximate surface area is 191 Å². The summed E-state index contributed by atoms with van der Waals surface area (Å²) in [6.45, 7) is 1.00. The zero-order chi connectivity index (χ0) is 20.1. The highest BCUT2D eigenvalue weighted by molar-refractivity contribution is 9.10. The van der Waals surface area contributed by atoms with Gasteiger partial charge in [-0.1, -0.05) is 61.1 Å². The van der Waals surface area contributed by atoms with Crippen LogP contribution in [-0.2, 0) is 13.2 Å². The third kappa shape index (κ3) is 5.57. The van der Waals surface area contributed by atoms with Gasteiger partial charge < -0.3 is 14.8 Å². The summed E-state index contributed by atoms with van der Waals surface area (Å²) < 4.78 is 13.4. The molecule has 3 aromatic rings. The second-order valence-corrected chi connectivity index (χ2v) is 8.58. The van der Waals surface area contributed by atoms with Crippen molar-refractivity contribution in [3.8, 4) is 11.5 Å². The normalized spacial score (nSPS) is 10.6. The molecule has 0 heterocycles. The summed E-state index contributed by atoms with van der Waals surface area (Å²) in [6, 6.07) is 17.3. The van der Waals surface area contributed by atoms with Crippen LogP contribution in [0.15, 0.2) is 63.5 Å². The van der Waals surface area contributed by atoms with Gasteiger partial charge in [-0.25, -0.2) is 0 Å². The summed E-state index contributed by atoms with van der Waals surface area (Å²) in [5.74, 6) is 1.31. The van der Waals surface area contributed by atoms with Crippen molar-refractivity contribution in [3.63, 3.8) is 0 Å². The highest BCUT2D eigenvalue weighted by Crippen LogP contribution is 2.35. The number of benzene rings is 3. The first-order valence-corrected chi connectivity index (χ1v) is 10.7. The van der Waals surface area contributed by atoms with E-state index in [1.54, 1.807) is 19.2 Å². The van der Waals surface area contributed by atoms with Gasteiger partial charge in [-0.05, 0) is 59.7 Å². The highest BCUT2D eigenvalue weighted by atomic mass is 79.9. The van der Waals surface area contributed by atoms with E-state index in [0.29, 0.717) is 34.7 Å². The maximum absolute atomic E-state index is 6.06. The van der Waals surface area contributed by atoms with Gasteiger partial charge in [0, 0.05) is 21.2 Å². The fourth-order valence-electron chi connectivity index (χ4n) is 2.54. The van der Waals surface area contributed by atoms with E-state index in [1.807, 2.05) is 42.5 Å². The van der Waals surface area contributed by atoms with Crippen molar-refractivity contribution in [2.24, 2.45) is 0 Å². The average molecular weight is 546 g/mol. The van der Waals surface area contributed by atoms with E-state index < -0.39 is 0 Å². The summed E-state index contributed by atoms with van der Waals surface area (Å²) in [5.41, 5.74) is 3.02. The Kier molecular flexibility index (Phi) is 7.52. The van der Waals surface area contributed by atoms with Gasteiger partial charge in [-0.3, -0.25) is 0 Å². The fraction of sp³-hybridized carbons (Fsp3) is 0.143. The van der Waals surface area contributed by atoms with Crippen molar-refractivity contribution >= 4 is 60.7 Å². The van der Waals surface area contributed by atoms with E-state index in [2.05, 4.69) is 37.2 Å². The summed E-state index contributed by atoms with van der Waals surface area (Å²) in [7, 11) is 1.63. The lowest BCUT2D eigenvalue weighted by atomic mass is 10.2. The lowest BCUT2D eigenvalue weighted by Crippen LogP contribution is -2.03. The molecule has 1 N–H and O–H groups in total. The minimum Gasteiger partial charge on any atom is -0.493 e. The van der Waals surface area contributed by atoms with Crippen molar-refractivity contribution in [2.45, 2.75) is 13.2 Å². The van der Waals surface area contributed by atoms with Gasteiger partial charge >= 0.3 is 0 Å². The van der Waals surface area contributed by atoms with Crippen molar-refractivity contribution in [1.82, 2.24) is 0 Å². The molecule has 0 unspecified atom stereocenters. The molecule has 0 fully saturated rings. The van der Waals surface area contributed by atoms with E-state index in [1.165, 1.54) is 0 Å². The minimum atomic E-state index is 0.357. The third-order valence-corrected chi connectivity index (χ3v) is 6.04. The number of nitrogens with one attached hydrogen (secondary N) is 1. The molecule has 0 spiro atoms. The number of rotatable bonds is 7. The maximum Gasteiger partial charge on any atom is 0.162 e. The first kappa shape index (κ1) is 21.3. The molecule has 3 aromatic carbocycles. The van der Waals surface area contributed by atoms with Gasteiger partial charge in [0.25, 0.3) is 0 Å². The summed E-state index contributed by atoms with van der Waals surface area (Å²) in [4.78, 5) is 0. The van der Waals surface area contributed by atoms with Crippen LogP contribution in [0.5, 0.6) is 11.5 Å². The first-order valence-electron chi connectivity index (χ1n) is 8.39. The van der Waals surface area contributed by atoms with Crippen LogP contribution in [0, 0.1) is 0 Å². The maximum atomic E-state index is 6.06. The number of hydrogen-bond acceptors (Lipinski definition) is 3. The molecule has 0 radical (unpaired) electrons. The molecule has 146 valence electrons. The summed E-state index contributed by atoms with van der Waals surface area (Å²) >= 11 is 19.1. The second kappa shape index (κ2) is 9.88. The van der Waals surface area contributed by atoms with E-state index in [-0.39, 0.29) is 0 Å². The minimum absolute atomic E-state index is 0.357. The number of methoxy groups -OCH3 is 1. The Morgan fingerprint density at radius 1 is 0.893 bits per heavy atom. The third-order valence-electron chi connectivity index (χ3n) is 4.04. The number of halogens is 4. The molecule has 0 aliphatic heterocycles. The van der Waals surface area contributed by atoms with Gasteiger partial charge in [0.05, 0.1) is 17.2 Å². The first-order chi connectivity index (χ1) is 13.5. The van der Waals surface area contributed by atoms with E-state index in [0.717, 1.165) is 25.8 Å². The average Bonchev–Trinajstić information content (AvgIpc) is 2.69. The highest BCUT2D eigenvalue weighted by Gasteiger charge is 2.11. The van der Waals surface area contributed by atoms with Crippen LogP contribution in [-0.4, -0.2) is 7.11 Å². The Hall–Kier alpha value is -1.40. The number of hydrogen-bond donors (Lipinski definition) is 1. The van der Waals surface area contributed by atoms with Crippen molar-refractivity contribution < 1.29 is 9.47 Å². The smallest absolute Gasteiger partial charge is 0.162 e. The zero-order valence-electron chi connectivity index (χ0n) is 14.9. The molecule has 0 aromatic heterocycles. The van der Waals surface area contributed by atoms with Crippen LogP contribution in [0.4, 0.5) is 5.69 Å². The molecule has 7 heteroatoms. The van der Waals surface area contributed by atoms with Crippen LogP contribution in [0.3, 0.4) is 0 Å². The second-order valence-electron chi connectivity index (χ2n) is 5.99. The van der Waals surface area contributed by atoms with Gasteiger partial charge in [0.15, 0.2) is 11.5 Å². The Balaban J connectivity index is 1.71.